The average molecular weight is 317 g/mol. The van der Waals surface area contributed by atoms with E-state index in [1.165, 1.54) is 0 Å². The van der Waals surface area contributed by atoms with Gasteiger partial charge in [0.05, 0.1) is 0 Å². The molecule has 0 aromatic carbocycles. The second-order valence-corrected chi connectivity index (χ2v) is 2.36. The maximum Gasteiger partial charge on any atom is 0.160 e. The van der Waals surface area contributed by atoms with Crippen molar-refractivity contribution in [3.05, 3.63) is 0 Å². The predicted molar refractivity (Wildman–Crippen MR) is 61.0 cm³/mol. The number of rotatable bonds is 7. The fourth-order valence-electron chi connectivity index (χ4n) is 0.694. The van der Waals surface area contributed by atoms with Crippen molar-refractivity contribution in [1.82, 2.24) is 0 Å². The lowest BCUT2D eigenvalue weighted by Crippen LogP contribution is -2.13. The van der Waals surface area contributed by atoms with E-state index in [2.05, 4.69) is 33.3 Å². The minimum absolute atomic E-state index is 0.108. The summed E-state index contributed by atoms with van der Waals surface area (Å²) in [5, 5.41) is 8.35. The third-order valence-electron chi connectivity index (χ3n) is 1.32. The Kier molecular flexibility index (Phi) is 15.2. The Morgan fingerprint density at radius 3 is 2.14 bits per heavy atom. The highest BCUT2D eigenvalue weighted by atomic mass is 127. The summed E-state index contributed by atoms with van der Waals surface area (Å²) in [6.07, 6.45) is 0.398. The van der Waals surface area contributed by atoms with Crippen LogP contribution < -0.4 is 5.90 Å². The molecule has 0 rings (SSSR count). The maximum atomic E-state index is 10.8. The van der Waals surface area contributed by atoms with Crippen molar-refractivity contribution in [1.29, 1.82) is 0 Å². The Morgan fingerprint density at radius 2 is 1.71 bits per heavy atom. The molecule has 0 heterocycles. The molecule has 0 spiro atoms. The molecule has 84 valence electrons. The standard InChI is InChI=1S/C7H13NO4.CH3I/c8-12-5-7(11)2-1-6(10)3-4-9;1-2/h9H,1-5,8H2;1H3. The van der Waals surface area contributed by atoms with E-state index >= 15 is 0 Å². The van der Waals surface area contributed by atoms with E-state index in [1.54, 1.807) is 0 Å². The van der Waals surface area contributed by atoms with Crippen molar-refractivity contribution >= 4 is 34.2 Å². The van der Waals surface area contributed by atoms with Gasteiger partial charge >= 0.3 is 0 Å². The first kappa shape index (κ1) is 16.4. The van der Waals surface area contributed by atoms with E-state index < -0.39 is 0 Å². The van der Waals surface area contributed by atoms with Crippen molar-refractivity contribution in [3.63, 3.8) is 0 Å². The van der Waals surface area contributed by atoms with Gasteiger partial charge in [-0.25, -0.2) is 5.90 Å². The molecule has 0 radical (unpaired) electrons. The van der Waals surface area contributed by atoms with Crippen LogP contribution in [0.2, 0.25) is 0 Å². The summed E-state index contributed by atoms with van der Waals surface area (Å²) in [5.74, 6) is 4.32. The molecule has 0 unspecified atom stereocenters. The zero-order chi connectivity index (χ0) is 11.4. The predicted octanol–water partition coefficient (Wildman–Crippen LogP) is 0.229. The second kappa shape index (κ2) is 12.9. The summed E-state index contributed by atoms with van der Waals surface area (Å²) in [5.41, 5.74) is 0. The monoisotopic (exact) mass is 317 g/mol. The van der Waals surface area contributed by atoms with Crippen LogP contribution >= 0.6 is 22.6 Å². The summed E-state index contributed by atoms with van der Waals surface area (Å²) in [6, 6.07) is 0. The number of carbonyl (C=O) groups excluding carboxylic acids is 2. The molecule has 6 heteroatoms. The van der Waals surface area contributed by atoms with Gasteiger partial charge in [0.1, 0.15) is 12.4 Å². The molecule has 0 aromatic heterocycles. The van der Waals surface area contributed by atoms with E-state index in [-0.39, 0.29) is 44.0 Å². The summed E-state index contributed by atoms with van der Waals surface area (Å²) in [4.78, 5) is 27.6. The highest BCUT2D eigenvalue weighted by Gasteiger charge is 2.05. The molecule has 0 saturated heterocycles. The molecule has 0 saturated carbocycles. The van der Waals surface area contributed by atoms with E-state index in [1.807, 2.05) is 4.93 Å². The number of nitrogens with two attached hydrogens (primary N) is 1. The number of hydrogen-bond donors (Lipinski definition) is 2. The van der Waals surface area contributed by atoms with E-state index in [0.717, 1.165) is 0 Å². The Hall–Kier alpha value is -0.0500. The first-order valence-corrected chi connectivity index (χ1v) is 6.20. The lowest BCUT2D eigenvalue weighted by molar-refractivity contribution is -0.127. The molecule has 5 nitrogen and oxygen atoms in total. The lowest BCUT2D eigenvalue weighted by Gasteiger charge is -1.97. The minimum Gasteiger partial charge on any atom is -0.396 e. The van der Waals surface area contributed by atoms with Gasteiger partial charge in [0, 0.05) is 25.9 Å². The first-order chi connectivity index (χ1) is 6.70. The third-order valence-corrected chi connectivity index (χ3v) is 1.32. The van der Waals surface area contributed by atoms with Gasteiger partial charge in [-0.3, -0.25) is 14.4 Å². The van der Waals surface area contributed by atoms with Crippen molar-refractivity contribution in [2.45, 2.75) is 19.3 Å². The Balaban J connectivity index is 0. The van der Waals surface area contributed by atoms with Gasteiger partial charge in [0.25, 0.3) is 0 Å². The molecular weight excluding hydrogens is 301 g/mol. The highest BCUT2D eigenvalue weighted by molar-refractivity contribution is 14.1. The summed E-state index contributed by atoms with van der Waals surface area (Å²) < 4.78 is 0. The van der Waals surface area contributed by atoms with Crippen molar-refractivity contribution in [2.75, 3.05) is 18.1 Å². The van der Waals surface area contributed by atoms with Crippen LogP contribution in [0.3, 0.4) is 0 Å². The molecule has 0 aliphatic heterocycles. The minimum atomic E-state index is -0.205. The van der Waals surface area contributed by atoms with Gasteiger partial charge in [-0.15, -0.1) is 0 Å². The number of Topliss-reactive ketones (excluding diaryl/α,β-unsaturated/α-hetero) is 2. The number of carbonyl (C=O) groups is 2. The van der Waals surface area contributed by atoms with Gasteiger partial charge < -0.3 is 5.11 Å². The Morgan fingerprint density at radius 1 is 1.21 bits per heavy atom. The van der Waals surface area contributed by atoms with Crippen LogP contribution in [0.1, 0.15) is 19.3 Å². The normalized spacial score (nSPS) is 8.86. The lowest BCUT2D eigenvalue weighted by atomic mass is 10.1. The molecule has 0 aliphatic carbocycles. The van der Waals surface area contributed by atoms with Crippen LogP contribution in [0.5, 0.6) is 0 Å². The molecule has 0 aliphatic rings. The zero-order valence-corrected chi connectivity index (χ0v) is 10.3. The number of alkyl halides is 1. The molecule has 0 fully saturated rings. The molecule has 0 atom stereocenters. The van der Waals surface area contributed by atoms with Gasteiger partial charge in [-0.2, -0.15) is 0 Å². The number of aliphatic hydroxyl groups excluding tert-OH is 1. The van der Waals surface area contributed by atoms with Crippen LogP contribution in [-0.2, 0) is 14.4 Å². The van der Waals surface area contributed by atoms with Gasteiger partial charge in [-0.1, -0.05) is 22.6 Å². The molecule has 0 amide bonds. The zero-order valence-electron chi connectivity index (χ0n) is 8.16. The number of aliphatic hydroxyl groups is 1. The topological polar surface area (TPSA) is 89.6 Å². The third kappa shape index (κ3) is 11.9. The smallest absolute Gasteiger partial charge is 0.160 e. The molecule has 0 bridgehead atoms. The van der Waals surface area contributed by atoms with Crippen LogP contribution in [0.4, 0.5) is 0 Å². The number of hydrogen-bond acceptors (Lipinski definition) is 5. The largest absolute Gasteiger partial charge is 0.396 e. The highest BCUT2D eigenvalue weighted by Crippen LogP contribution is 1.95. The maximum absolute atomic E-state index is 10.8. The van der Waals surface area contributed by atoms with Crippen LogP contribution in [0, 0.1) is 0 Å². The van der Waals surface area contributed by atoms with Crippen molar-refractivity contribution in [3.8, 4) is 0 Å². The second-order valence-electron chi connectivity index (χ2n) is 2.36. The summed E-state index contributed by atoms with van der Waals surface area (Å²) in [6.45, 7) is -0.327. The SMILES string of the molecule is CI.NOCC(=O)CCC(=O)CCO. The molecule has 3 N–H and O–H groups in total. The quantitative estimate of drug-likeness (QED) is 0.398. The molecular formula is C8H16INO4. The van der Waals surface area contributed by atoms with Crippen LogP contribution in [-0.4, -0.2) is 34.8 Å². The van der Waals surface area contributed by atoms with E-state index in [9.17, 15) is 9.59 Å². The average Bonchev–Trinajstić information content (AvgIpc) is 2.19. The van der Waals surface area contributed by atoms with Crippen LogP contribution in [0.15, 0.2) is 0 Å². The van der Waals surface area contributed by atoms with Crippen LogP contribution in [0.25, 0.3) is 0 Å². The Labute approximate surface area is 97.1 Å². The first-order valence-electron chi connectivity index (χ1n) is 4.04. The summed E-state index contributed by atoms with van der Waals surface area (Å²) >= 11 is 2.15. The summed E-state index contributed by atoms with van der Waals surface area (Å²) in [7, 11) is 0. The van der Waals surface area contributed by atoms with Crippen molar-refractivity contribution < 1.29 is 19.5 Å². The van der Waals surface area contributed by atoms with Crippen molar-refractivity contribution in [2.24, 2.45) is 5.90 Å². The van der Waals surface area contributed by atoms with E-state index in [4.69, 9.17) is 5.11 Å². The van der Waals surface area contributed by atoms with Gasteiger partial charge in [0.2, 0.25) is 0 Å². The number of halogens is 1. The molecule has 0 aromatic rings. The van der Waals surface area contributed by atoms with Gasteiger partial charge in [0.15, 0.2) is 5.78 Å². The molecule has 14 heavy (non-hydrogen) atoms. The van der Waals surface area contributed by atoms with Gasteiger partial charge in [-0.05, 0) is 4.93 Å². The van der Waals surface area contributed by atoms with E-state index in [0.29, 0.717) is 0 Å². The number of ketones is 2. The fourth-order valence-corrected chi connectivity index (χ4v) is 0.694. The Bertz CT molecular complexity index is 145. The fraction of sp³-hybridized carbons (Fsp3) is 0.750.